The Morgan fingerprint density at radius 2 is 2.17 bits per heavy atom. The van der Waals surface area contributed by atoms with Crippen molar-refractivity contribution in [1.29, 1.82) is 10.7 Å². The van der Waals surface area contributed by atoms with Crippen molar-refractivity contribution < 1.29 is 0 Å². The van der Waals surface area contributed by atoms with E-state index in [0.29, 0.717) is 16.3 Å². The first kappa shape index (κ1) is 13.9. The topological polar surface area (TPSA) is 124 Å². The third-order valence-corrected chi connectivity index (χ3v) is 2.42. The zero-order chi connectivity index (χ0) is 13.7. The number of halogens is 1. The number of thiocarbonyl (C=S) groups is 1. The van der Waals surface area contributed by atoms with Crippen molar-refractivity contribution in [2.45, 2.75) is 0 Å². The molecule has 0 saturated heterocycles. The lowest BCUT2D eigenvalue weighted by atomic mass is 10.2. The quantitative estimate of drug-likeness (QED) is 0.285. The summed E-state index contributed by atoms with van der Waals surface area (Å²) in [5.74, 6) is -0.421. The van der Waals surface area contributed by atoms with Gasteiger partial charge in [0.2, 0.25) is 5.71 Å². The molecular formula is C10H9ClN6S. The van der Waals surface area contributed by atoms with Gasteiger partial charge in [0, 0.05) is 5.56 Å². The van der Waals surface area contributed by atoms with Gasteiger partial charge < -0.3 is 11.5 Å². The van der Waals surface area contributed by atoms with Crippen molar-refractivity contribution in [3.63, 3.8) is 0 Å². The van der Waals surface area contributed by atoms with Crippen LogP contribution < -0.4 is 16.9 Å². The van der Waals surface area contributed by atoms with Crippen LogP contribution in [-0.4, -0.2) is 16.5 Å². The van der Waals surface area contributed by atoms with Gasteiger partial charge in [-0.25, -0.2) is 0 Å². The fraction of sp³-hybridized carbons (Fsp3) is 0. The minimum atomic E-state index is -0.421. The van der Waals surface area contributed by atoms with Gasteiger partial charge in [-0.3, -0.25) is 10.8 Å². The number of nitrogens with two attached hydrogens (primary N) is 2. The van der Waals surface area contributed by atoms with E-state index in [0.717, 1.165) is 0 Å². The smallest absolute Gasteiger partial charge is 0.201 e. The van der Waals surface area contributed by atoms with Crippen LogP contribution in [0.4, 0.5) is 5.69 Å². The number of nitriles is 1. The summed E-state index contributed by atoms with van der Waals surface area (Å²) >= 11 is 10.8. The highest BCUT2D eigenvalue weighted by molar-refractivity contribution is 7.80. The van der Waals surface area contributed by atoms with E-state index in [1.807, 2.05) is 0 Å². The van der Waals surface area contributed by atoms with Crippen LogP contribution in [-0.2, 0) is 0 Å². The molecule has 0 aromatic heterocycles. The second kappa shape index (κ2) is 5.95. The largest absolute Gasteiger partial charge is 0.389 e. The molecule has 0 radical (unpaired) electrons. The SMILES string of the molecule is N#C/C(=N\Nc1ccc(C(N)=S)c(Cl)c1)C(=N)N. The number of hydrazone groups is 1. The van der Waals surface area contributed by atoms with Gasteiger partial charge >= 0.3 is 0 Å². The molecule has 0 amide bonds. The summed E-state index contributed by atoms with van der Waals surface area (Å²) < 4.78 is 0. The second-order valence-electron chi connectivity index (χ2n) is 3.16. The Labute approximate surface area is 114 Å². The Balaban J connectivity index is 2.95. The maximum Gasteiger partial charge on any atom is 0.201 e. The molecule has 0 spiro atoms. The van der Waals surface area contributed by atoms with E-state index in [4.69, 9.17) is 46.0 Å². The van der Waals surface area contributed by atoms with Crippen LogP contribution in [0.15, 0.2) is 23.3 Å². The Bertz CT molecular complexity index is 574. The number of nitrogens with one attached hydrogen (secondary N) is 2. The average molecular weight is 281 g/mol. The molecule has 0 unspecified atom stereocenters. The predicted molar refractivity (Wildman–Crippen MR) is 75.9 cm³/mol. The van der Waals surface area contributed by atoms with Crippen molar-refractivity contribution in [3.05, 3.63) is 28.8 Å². The molecule has 1 aromatic carbocycles. The highest BCUT2D eigenvalue weighted by Gasteiger charge is 2.05. The summed E-state index contributed by atoms with van der Waals surface area (Å²) in [6.45, 7) is 0. The lowest BCUT2D eigenvalue weighted by Gasteiger charge is -2.05. The van der Waals surface area contributed by atoms with Gasteiger partial charge in [0.15, 0.2) is 5.84 Å². The lowest BCUT2D eigenvalue weighted by molar-refractivity contribution is 1.33. The molecule has 6 nitrogen and oxygen atoms in total. The summed E-state index contributed by atoms with van der Waals surface area (Å²) in [5.41, 5.74) is 14.0. The van der Waals surface area contributed by atoms with Gasteiger partial charge in [0.25, 0.3) is 0 Å². The molecule has 0 bridgehead atoms. The van der Waals surface area contributed by atoms with Crippen LogP contribution in [0, 0.1) is 16.7 Å². The minimum absolute atomic E-state index is 0.191. The summed E-state index contributed by atoms with van der Waals surface area (Å²) in [4.78, 5) is 0.191. The Kier molecular flexibility index (Phi) is 4.59. The van der Waals surface area contributed by atoms with Gasteiger partial charge in [-0.1, -0.05) is 23.8 Å². The first-order valence-electron chi connectivity index (χ1n) is 4.63. The van der Waals surface area contributed by atoms with Gasteiger partial charge in [-0.05, 0) is 18.2 Å². The van der Waals surface area contributed by atoms with Crippen LogP contribution in [0.5, 0.6) is 0 Å². The van der Waals surface area contributed by atoms with Crippen LogP contribution in [0.3, 0.4) is 0 Å². The number of hydrogen-bond donors (Lipinski definition) is 4. The van der Waals surface area contributed by atoms with E-state index in [2.05, 4.69) is 10.5 Å². The van der Waals surface area contributed by atoms with Gasteiger partial charge in [0.1, 0.15) is 11.1 Å². The summed E-state index contributed by atoms with van der Waals surface area (Å²) in [5, 5.41) is 19.7. The number of rotatable bonds is 4. The summed E-state index contributed by atoms with van der Waals surface area (Å²) in [7, 11) is 0. The third-order valence-electron chi connectivity index (χ3n) is 1.89. The fourth-order valence-electron chi connectivity index (χ4n) is 1.05. The normalized spacial score (nSPS) is 10.6. The van der Waals surface area contributed by atoms with E-state index >= 15 is 0 Å². The summed E-state index contributed by atoms with van der Waals surface area (Å²) in [6, 6.07) is 6.50. The van der Waals surface area contributed by atoms with Crippen LogP contribution in [0.2, 0.25) is 5.02 Å². The van der Waals surface area contributed by atoms with Gasteiger partial charge in [-0.2, -0.15) is 10.4 Å². The van der Waals surface area contributed by atoms with E-state index in [1.165, 1.54) is 0 Å². The van der Waals surface area contributed by atoms with E-state index in [-0.39, 0.29) is 10.7 Å². The van der Waals surface area contributed by atoms with Crippen molar-refractivity contribution in [3.8, 4) is 6.07 Å². The standard InChI is InChI=1S/C10H9ClN6S/c11-7-3-5(1-2-6(7)10(15)18)16-17-8(4-12)9(13)14/h1-3,16H,(H3,13,14)(H2,15,18)/b17-8+. The number of anilines is 1. The lowest BCUT2D eigenvalue weighted by Crippen LogP contribution is -2.21. The van der Waals surface area contributed by atoms with Crippen molar-refractivity contribution in [2.24, 2.45) is 16.6 Å². The van der Waals surface area contributed by atoms with Crippen LogP contribution in [0.1, 0.15) is 5.56 Å². The van der Waals surface area contributed by atoms with Crippen molar-refractivity contribution in [1.82, 2.24) is 0 Å². The number of nitrogens with zero attached hydrogens (tertiary/aromatic N) is 2. The highest BCUT2D eigenvalue weighted by atomic mass is 35.5. The van der Waals surface area contributed by atoms with Crippen LogP contribution >= 0.6 is 23.8 Å². The fourth-order valence-corrected chi connectivity index (χ4v) is 1.57. The molecule has 0 aliphatic heterocycles. The summed E-state index contributed by atoms with van der Waals surface area (Å²) in [6.07, 6.45) is 0. The monoisotopic (exact) mass is 280 g/mol. The van der Waals surface area contributed by atoms with E-state index in [9.17, 15) is 0 Å². The van der Waals surface area contributed by atoms with Gasteiger partial charge in [0.05, 0.1) is 10.7 Å². The van der Waals surface area contributed by atoms with E-state index < -0.39 is 5.84 Å². The zero-order valence-corrected chi connectivity index (χ0v) is 10.6. The van der Waals surface area contributed by atoms with Crippen LogP contribution in [0.25, 0.3) is 0 Å². The maximum absolute atomic E-state index is 8.64. The number of benzene rings is 1. The predicted octanol–water partition coefficient (Wildman–Crippen LogP) is 1.20. The molecule has 18 heavy (non-hydrogen) atoms. The molecule has 1 aromatic rings. The average Bonchev–Trinajstić information content (AvgIpc) is 2.28. The Morgan fingerprint density at radius 3 is 2.61 bits per heavy atom. The van der Waals surface area contributed by atoms with Crippen molar-refractivity contribution in [2.75, 3.05) is 5.43 Å². The molecule has 0 saturated carbocycles. The molecule has 1 rings (SSSR count). The molecule has 0 aliphatic rings. The second-order valence-corrected chi connectivity index (χ2v) is 4.00. The minimum Gasteiger partial charge on any atom is -0.389 e. The third kappa shape index (κ3) is 3.41. The molecule has 92 valence electrons. The number of amidine groups is 1. The Morgan fingerprint density at radius 1 is 1.50 bits per heavy atom. The zero-order valence-electron chi connectivity index (χ0n) is 9.07. The highest BCUT2D eigenvalue weighted by Crippen LogP contribution is 2.20. The molecule has 8 heteroatoms. The molecular weight excluding hydrogens is 272 g/mol. The van der Waals surface area contributed by atoms with Crippen molar-refractivity contribution >= 4 is 46.0 Å². The molecule has 0 fully saturated rings. The first-order valence-corrected chi connectivity index (χ1v) is 5.42. The molecule has 6 N–H and O–H groups in total. The van der Waals surface area contributed by atoms with Gasteiger partial charge in [-0.15, -0.1) is 0 Å². The Hall–Kier alpha value is -2.17. The van der Waals surface area contributed by atoms with E-state index in [1.54, 1.807) is 24.3 Å². The number of hydrogen-bond acceptors (Lipinski definition) is 5. The molecule has 0 atom stereocenters. The maximum atomic E-state index is 8.64. The molecule has 0 heterocycles. The molecule has 0 aliphatic carbocycles. The first-order chi connectivity index (χ1) is 8.45.